The van der Waals surface area contributed by atoms with E-state index in [9.17, 15) is 20.0 Å². The van der Waals surface area contributed by atoms with Crippen molar-refractivity contribution >= 4 is 27.6 Å². The SMILES string of the molecule is O=C1OC(c2cn(-c3ccccc3)nc2-c2cccc([N+](=O)[O-])c2)C(Br)=C1O. The number of rotatable bonds is 4. The van der Waals surface area contributed by atoms with Crippen LogP contribution in [0.5, 0.6) is 0 Å². The number of halogens is 1. The fourth-order valence-electron chi connectivity index (χ4n) is 2.92. The third-order valence-corrected chi connectivity index (χ3v) is 5.04. The number of non-ortho nitro benzene ring substituents is 1. The van der Waals surface area contributed by atoms with Crippen LogP contribution in [0.1, 0.15) is 11.7 Å². The highest BCUT2D eigenvalue weighted by Gasteiger charge is 2.37. The molecule has 8 nitrogen and oxygen atoms in total. The minimum atomic E-state index is -0.903. The van der Waals surface area contributed by atoms with E-state index in [1.165, 1.54) is 12.1 Å². The summed E-state index contributed by atoms with van der Waals surface area (Å²) in [5.41, 5.74) is 2.04. The molecule has 0 radical (unpaired) electrons. The summed E-state index contributed by atoms with van der Waals surface area (Å²) in [7, 11) is 0. The van der Waals surface area contributed by atoms with Gasteiger partial charge in [0.05, 0.1) is 15.1 Å². The summed E-state index contributed by atoms with van der Waals surface area (Å²) in [6.07, 6.45) is 0.764. The van der Waals surface area contributed by atoms with Gasteiger partial charge in [-0.25, -0.2) is 9.48 Å². The predicted octanol–water partition coefficient (Wildman–Crippen LogP) is 4.21. The van der Waals surface area contributed by atoms with Gasteiger partial charge in [-0.15, -0.1) is 0 Å². The zero-order chi connectivity index (χ0) is 19.8. The number of para-hydroxylation sites is 1. The van der Waals surface area contributed by atoms with E-state index in [4.69, 9.17) is 4.74 Å². The molecule has 2 heterocycles. The summed E-state index contributed by atoms with van der Waals surface area (Å²) in [5, 5.41) is 25.6. The van der Waals surface area contributed by atoms with Gasteiger partial charge in [-0.05, 0) is 28.1 Å². The molecule has 0 bridgehead atoms. The number of aromatic nitrogens is 2. The van der Waals surface area contributed by atoms with Gasteiger partial charge in [-0.3, -0.25) is 10.1 Å². The molecule has 140 valence electrons. The third-order valence-electron chi connectivity index (χ3n) is 4.25. The Kier molecular flexibility index (Phi) is 4.44. The summed E-state index contributed by atoms with van der Waals surface area (Å²) in [6, 6.07) is 15.3. The van der Waals surface area contributed by atoms with E-state index < -0.39 is 22.8 Å². The molecule has 1 N–H and O–H groups in total. The van der Waals surface area contributed by atoms with Crippen LogP contribution in [0.3, 0.4) is 0 Å². The minimum Gasteiger partial charge on any atom is -0.501 e. The molecular formula is C19H12BrN3O5. The van der Waals surface area contributed by atoms with Crippen LogP contribution in [0.25, 0.3) is 16.9 Å². The molecule has 1 aliphatic rings. The Morgan fingerprint density at radius 1 is 1.18 bits per heavy atom. The molecule has 0 saturated heterocycles. The van der Waals surface area contributed by atoms with Crippen LogP contribution in [0, 0.1) is 10.1 Å². The summed E-state index contributed by atoms with van der Waals surface area (Å²) >= 11 is 3.20. The predicted molar refractivity (Wildman–Crippen MR) is 103 cm³/mol. The fraction of sp³-hybridized carbons (Fsp3) is 0.0526. The molecule has 4 rings (SSSR count). The first-order valence-electron chi connectivity index (χ1n) is 8.15. The zero-order valence-electron chi connectivity index (χ0n) is 14.2. The molecule has 1 aliphatic heterocycles. The van der Waals surface area contributed by atoms with E-state index in [1.54, 1.807) is 23.0 Å². The Labute approximate surface area is 167 Å². The molecule has 0 spiro atoms. The van der Waals surface area contributed by atoms with Gasteiger partial charge in [0.1, 0.15) is 5.69 Å². The minimum absolute atomic E-state index is 0.0846. The number of esters is 1. The Balaban J connectivity index is 1.90. The molecule has 28 heavy (non-hydrogen) atoms. The first kappa shape index (κ1) is 17.9. The molecule has 0 aliphatic carbocycles. The Morgan fingerprint density at radius 2 is 1.93 bits per heavy atom. The molecule has 1 atom stereocenters. The molecule has 0 amide bonds. The van der Waals surface area contributed by atoms with Crippen LogP contribution in [0.15, 0.2) is 71.0 Å². The van der Waals surface area contributed by atoms with E-state index in [1.807, 2.05) is 30.3 Å². The molecule has 3 aromatic rings. The first-order chi connectivity index (χ1) is 13.5. The second-order valence-corrected chi connectivity index (χ2v) is 6.86. The van der Waals surface area contributed by atoms with E-state index in [0.29, 0.717) is 16.8 Å². The average molecular weight is 442 g/mol. The lowest BCUT2D eigenvalue weighted by molar-refractivity contribution is -0.384. The van der Waals surface area contributed by atoms with E-state index in [2.05, 4.69) is 21.0 Å². The number of benzene rings is 2. The maximum absolute atomic E-state index is 11.8. The number of hydrogen-bond donors (Lipinski definition) is 1. The Hall–Kier alpha value is -3.46. The van der Waals surface area contributed by atoms with Crippen molar-refractivity contribution in [3.63, 3.8) is 0 Å². The van der Waals surface area contributed by atoms with Crippen molar-refractivity contribution in [3.05, 3.63) is 86.7 Å². The molecule has 0 fully saturated rings. The number of carbonyl (C=O) groups is 1. The van der Waals surface area contributed by atoms with Crippen molar-refractivity contribution in [1.82, 2.24) is 9.78 Å². The molecule has 1 unspecified atom stereocenters. The van der Waals surface area contributed by atoms with Gasteiger partial charge < -0.3 is 9.84 Å². The van der Waals surface area contributed by atoms with Crippen molar-refractivity contribution in [2.45, 2.75) is 6.10 Å². The topological polar surface area (TPSA) is 107 Å². The Bertz CT molecular complexity index is 1120. The van der Waals surface area contributed by atoms with Crippen LogP contribution in [0.2, 0.25) is 0 Å². The van der Waals surface area contributed by atoms with Crippen LogP contribution in [-0.2, 0) is 9.53 Å². The standard InChI is InChI=1S/C19H12BrN3O5/c20-15-17(24)19(25)28-18(15)14-10-22(12-6-2-1-3-7-12)21-16(14)11-5-4-8-13(9-11)23(26)27/h1-10,18,24H. The summed E-state index contributed by atoms with van der Waals surface area (Å²) in [6.45, 7) is 0. The number of aliphatic hydroxyl groups is 1. The third kappa shape index (κ3) is 3.05. The van der Waals surface area contributed by atoms with E-state index >= 15 is 0 Å². The number of nitrogens with zero attached hydrogens (tertiary/aromatic N) is 3. The molecule has 0 saturated carbocycles. The van der Waals surface area contributed by atoms with Crippen LogP contribution in [0.4, 0.5) is 5.69 Å². The molecular weight excluding hydrogens is 430 g/mol. The second kappa shape index (κ2) is 6.93. The number of ether oxygens (including phenoxy) is 1. The molecule has 2 aromatic carbocycles. The number of hydrogen-bond acceptors (Lipinski definition) is 6. The van der Waals surface area contributed by atoms with Gasteiger partial charge in [0.2, 0.25) is 5.76 Å². The molecule has 9 heteroatoms. The highest BCUT2D eigenvalue weighted by Crippen LogP contribution is 2.42. The van der Waals surface area contributed by atoms with Gasteiger partial charge >= 0.3 is 5.97 Å². The van der Waals surface area contributed by atoms with Crippen molar-refractivity contribution < 1.29 is 19.6 Å². The van der Waals surface area contributed by atoms with E-state index in [-0.39, 0.29) is 10.2 Å². The van der Waals surface area contributed by atoms with Crippen molar-refractivity contribution in [1.29, 1.82) is 0 Å². The highest BCUT2D eigenvalue weighted by molar-refractivity contribution is 9.11. The number of cyclic esters (lactones) is 1. The zero-order valence-corrected chi connectivity index (χ0v) is 15.7. The number of aliphatic hydroxyl groups excluding tert-OH is 1. The van der Waals surface area contributed by atoms with Crippen LogP contribution < -0.4 is 0 Å². The quantitative estimate of drug-likeness (QED) is 0.369. The lowest BCUT2D eigenvalue weighted by Gasteiger charge is -2.10. The van der Waals surface area contributed by atoms with Crippen molar-refractivity contribution in [3.8, 4) is 16.9 Å². The number of carbonyl (C=O) groups excluding carboxylic acids is 1. The van der Waals surface area contributed by atoms with Gasteiger partial charge in [0.25, 0.3) is 5.69 Å². The highest BCUT2D eigenvalue weighted by atomic mass is 79.9. The monoisotopic (exact) mass is 441 g/mol. The maximum Gasteiger partial charge on any atom is 0.375 e. The number of nitro benzene ring substituents is 1. The summed E-state index contributed by atoms with van der Waals surface area (Å²) < 4.78 is 7.03. The van der Waals surface area contributed by atoms with Gasteiger partial charge in [-0.1, -0.05) is 30.3 Å². The van der Waals surface area contributed by atoms with Crippen molar-refractivity contribution in [2.75, 3.05) is 0 Å². The van der Waals surface area contributed by atoms with E-state index in [0.717, 1.165) is 5.69 Å². The van der Waals surface area contributed by atoms with Gasteiger partial charge in [0, 0.05) is 29.5 Å². The lowest BCUT2D eigenvalue weighted by Crippen LogP contribution is -2.03. The smallest absolute Gasteiger partial charge is 0.375 e. The second-order valence-electron chi connectivity index (χ2n) is 6.00. The van der Waals surface area contributed by atoms with Gasteiger partial charge in [0.15, 0.2) is 6.10 Å². The maximum atomic E-state index is 11.8. The van der Waals surface area contributed by atoms with Crippen LogP contribution in [-0.4, -0.2) is 25.8 Å². The fourth-order valence-corrected chi connectivity index (χ4v) is 3.42. The van der Waals surface area contributed by atoms with Crippen LogP contribution >= 0.6 is 15.9 Å². The van der Waals surface area contributed by atoms with Gasteiger partial charge in [-0.2, -0.15) is 5.10 Å². The summed E-state index contributed by atoms with van der Waals surface area (Å²) in [4.78, 5) is 22.4. The largest absolute Gasteiger partial charge is 0.501 e. The normalized spacial score (nSPS) is 16.3. The number of nitro groups is 1. The summed E-state index contributed by atoms with van der Waals surface area (Å²) in [5.74, 6) is -1.36. The average Bonchev–Trinajstić information content (AvgIpc) is 3.26. The first-order valence-corrected chi connectivity index (χ1v) is 8.94. The molecule has 1 aromatic heterocycles. The van der Waals surface area contributed by atoms with Crippen molar-refractivity contribution in [2.24, 2.45) is 0 Å². The Morgan fingerprint density at radius 3 is 2.57 bits per heavy atom. The lowest BCUT2D eigenvalue weighted by atomic mass is 10.0.